The number of imidazole rings is 1. The highest BCUT2D eigenvalue weighted by Crippen LogP contribution is 2.45. The average Bonchev–Trinajstić information content (AvgIpc) is 4.32. The van der Waals surface area contributed by atoms with Crippen molar-refractivity contribution in [1.29, 1.82) is 0 Å². The number of halogens is 2. The Morgan fingerprint density at radius 3 is 2.43 bits per heavy atom. The van der Waals surface area contributed by atoms with Gasteiger partial charge in [-0.1, -0.05) is 25.1 Å². The number of piperidine rings is 4. The van der Waals surface area contributed by atoms with E-state index >= 15 is 8.78 Å². The molecule has 6 aromatic rings. The first-order chi connectivity index (χ1) is 38.1. The number of phenolic OH excluding ortho intramolecular Hbond substituents is 1. The van der Waals surface area contributed by atoms with Crippen LogP contribution in [0, 0.1) is 17.6 Å². The lowest BCUT2D eigenvalue weighted by Crippen LogP contribution is -2.49. The molecule has 0 bridgehead atoms. The fourth-order valence-corrected chi connectivity index (χ4v) is 14.3. The van der Waals surface area contributed by atoms with E-state index in [1.807, 2.05) is 22.8 Å². The number of β-amino-alcohol motifs (C(OH)–C–C–N with tert-alkyl or cyclic N) is 1. The highest BCUT2D eigenvalue weighted by Gasteiger charge is 2.50. The van der Waals surface area contributed by atoms with Gasteiger partial charge in [0.1, 0.15) is 42.2 Å². The van der Waals surface area contributed by atoms with Crippen LogP contribution in [0.1, 0.15) is 114 Å². The fraction of sp³-hybridized carbons (Fsp3) is 0.533. The van der Waals surface area contributed by atoms with Crippen molar-refractivity contribution in [2.24, 2.45) is 13.0 Å². The number of benzene rings is 4. The summed E-state index contributed by atoms with van der Waals surface area (Å²) in [5.74, 6) is -0.580. The number of aryl methyl sites for hydroxylation is 2. The van der Waals surface area contributed by atoms with Gasteiger partial charge in [-0.3, -0.25) is 28.9 Å². The summed E-state index contributed by atoms with van der Waals surface area (Å²) in [6.45, 7) is 10.1. The van der Waals surface area contributed by atoms with Crippen LogP contribution in [-0.2, 0) is 27.8 Å². The lowest BCUT2D eigenvalue weighted by molar-refractivity contribution is -0.135. The SMILES string of the molecule is CCc1c(F)ccc2cc(O)cc(-c3ccc4c(N5CCC[C@@](C)(O)C5)nc(OCC56CCCN5C(COC(=O)N5CCC(CN7CCC(c8ccc9c(c8)n(C)c(=O)n9C8CCC(=O)NC8=O)CC7)CC5)CC6)nc4c3F)c12. The van der Waals surface area contributed by atoms with Crippen LogP contribution < -0.4 is 20.6 Å². The summed E-state index contributed by atoms with van der Waals surface area (Å²) in [6.07, 6.45) is 9.20. The second-order valence-corrected chi connectivity index (χ2v) is 23.7. The molecule has 6 aliphatic rings. The van der Waals surface area contributed by atoms with Gasteiger partial charge < -0.3 is 34.4 Å². The first-order valence-corrected chi connectivity index (χ1v) is 28.6. The topological polar surface area (TPSA) is 188 Å². The number of hydrogen-bond donors (Lipinski definition) is 3. The normalized spacial score (nSPS) is 24.7. The molecule has 12 rings (SSSR count). The Morgan fingerprint density at radius 1 is 0.861 bits per heavy atom. The summed E-state index contributed by atoms with van der Waals surface area (Å²) in [6, 6.07) is 14.8. The number of carbonyl (C=O) groups excluding carboxylic acids is 3. The number of amides is 3. The molecule has 4 atom stereocenters. The van der Waals surface area contributed by atoms with Crippen molar-refractivity contribution in [3.8, 4) is 22.9 Å². The van der Waals surface area contributed by atoms with Gasteiger partial charge in [-0.05, 0) is 179 Å². The van der Waals surface area contributed by atoms with Crippen molar-refractivity contribution in [3.63, 3.8) is 0 Å². The molecule has 6 aliphatic heterocycles. The number of aliphatic hydroxyl groups is 1. The van der Waals surface area contributed by atoms with Gasteiger partial charge in [-0.2, -0.15) is 9.97 Å². The van der Waals surface area contributed by atoms with Crippen LogP contribution in [0.15, 0.2) is 59.4 Å². The maximum atomic E-state index is 17.3. The van der Waals surface area contributed by atoms with Crippen molar-refractivity contribution >= 4 is 56.4 Å². The summed E-state index contributed by atoms with van der Waals surface area (Å²) in [7, 11) is 1.73. The predicted molar refractivity (Wildman–Crippen MR) is 295 cm³/mol. The lowest BCUT2D eigenvalue weighted by atomic mass is 9.88. The number of aromatic nitrogens is 4. The summed E-state index contributed by atoms with van der Waals surface area (Å²) in [5, 5.41) is 25.9. The van der Waals surface area contributed by atoms with Crippen molar-refractivity contribution in [3.05, 3.63) is 87.8 Å². The summed E-state index contributed by atoms with van der Waals surface area (Å²) < 4.78 is 48.4. The Bertz CT molecular complexity index is 3440. The summed E-state index contributed by atoms with van der Waals surface area (Å²) in [5.41, 5.74) is 2.05. The fourth-order valence-electron chi connectivity index (χ4n) is 14.3. The number of fused-ring (bicyclic) bond motifs is 4. The van der Waals surface area contributed by atoms with E-state index in [-0.39, 0.29) is 78.3 Å². The summed E-state index contributed by atoms with van der Waals surface area (Å²) in [4.78, 5) is 69.9. The predicted octanol–water partition coefficient (Wildman–Crippen LogP) is 8.08. The van der Waals surface area contributed by atoms with Crippen LogP contribution in [0.4, 0.5) is 19.4 Å². The number of rotatable bonds is 12. The maximum absolute atomic E-state index is 17.3. The molecule has 2 aromatic heterocycles. The molecule has 17 nitrogen and oxygen atoms in total. The molecule has 3 unspecified atom stereocenters. The minimum atomic E-state index is -0.983. The third-order valence-corrected chi connectivity index (χ3v) is 18.5. The Hall–Kier alpha value is -6.70. The van der Waals surface area contributed by atoms with Gasteiger partial charge in [0.15, 0.2) is 5.82 Å². The number of phenols is 1. The minimum Gasteiger partial charge on any atom is -0.508 e. The monoisotopic (exact) mass is 1080 g/mol. The molecular weight excluding hydrogens is 1010 g/mol. The Balaban J connectivity index is 0.664. The number of hydrogen-bond acceptors (Lipinski definition) is 13. The summed E-state index contributed by atoms with van der Waals surface area (Å²) >= 11 is 0. The van der Waals surface area contributed by atoms with E-state index in [1.54, 1.807) is 42.8 Å². The smallest absolute Gasteiger partial charge is 0.409 e. The number of likely N-dealkylation sites (tertiary alicyclic amines) is 2. The first kappa shape index (κ1) is 53.0. The molecule has 19 heteroatoms. The third kappa shape index (κ3) is 9.97. The van der Waals surface area contributed by atoms with Gasteiger partial charge in [0.25, 0.3) is 0 Å². The molecule has 4 aromatic carbocycles. The van der Waals surface area contributed by atoms with Gasteiger partial charge in [0.05, 0.1) is 22.2 Å². The van der Waals surface area contributed by atoms with Gasteiger partial charge in [-0.15, -0.1) is 0 Å². The van der Waals surface area contributed by atoms with E-state index in [2.05, 4.69) is 27.2 Å². The molecule has 3 N–H and O–H groups in total. The average molecular weight is 1080 g/mol. The molecule has 6 saturated heterocycles. The zero-order valence-corrected chi connectivity index (χ0v) is 45.4. The van der Waals surface area contributed by atoms with Crippen LogP contribution in [0.5, 0.6) is 11.8 Å². The van der Waals surface area contributed by atoms with Crippen molar-refractivity contribution in [1.82, 2.24) is 39.1 Å². The van der Waals surface area contributed by atoms with Crippen LogP contribution in [0.25, 0.3) is 43.8 Å². The number of anilines is 1. The van der Waals surface area contributed by atoms with Gasteiger partial charge >= 0.3 is 17.8 Å². The van der Waals surface area contributed by atoms with E-state index in [0.717, 1.165) is 83.1 Å². The highest BCUT2D eigenvalue weighted by molar-refractivity contribution is 6.03. The molecule has 418 valence electrons. The second kappa shape index (κ2) is 21.1. The van der Waals surface area contributed by atoms with Crippen LogP contribution in [0.3, 0.4) is 0 Å². The van der Waals surface area contributed by atoms with Crippen molar-refractivity contribution < 1.29 is 42.9 Å². The van der Waals surface area contributed by atoms with Gasteiger partial charge in [-0.25, -0.2) is 18.4 Å². The molecule has 79 heavy (non-hydrogen) atoms. The number of carbonyl (C=O) groups is 3. The number of ether oxygens (including phenoxy) is 2. The van der Waals surface area contributed by atoms with Crippen molar-refractivity contribution in [2.75, 3.05) is 70.5 Å². The van der Waals surface area contributed by atoms with E-state index in [1.165, 1.54) is 22.3 Å². The van der Waals surface area contributed by atoms with E-state index in [0.29, 0.717) is 95.8 Å². The first-order valence-electron chi connectivity index (χ1n) is 28.6. The zero-order valence-electron chi connectivity index (χ0n) is 45.4. The number of imide groups is 1. The molecule has 3 amide bonds. The Kier molecular flexibility index (Phi) is 14.1. The van der Waals surface area contributed by atoms with E-state index in [9.17, 15) is 29.4 Å². The van der Waals surface area contributed by atoms with Crippen LogP contribution in [0.2, 0.25) is 0 Å². The lowest BCUT2D eigenvalue weighted by Gasteiger charge is -2.38. The second-order valence-electron chi connectivity index (χ2n) is 23.7. The molecular formula is C60H71F2N9O8. The van der Waals surface area contributed by atoms with Gasteiger partial charge in [0, 0.05) is 63.2 Å². The quantitative estimate of drug-likeness (QED) is 0.1000. The number of nitrogens with zero attached hydrogens (tertiary/aromatic N) is 8. The minimum absolute atomic E-state index is 0.0134. The molecule has 8 heterocycles. The van der Waals surface area contributed by atoms with Gasteiger partial charge in [0.2, 0.25) is 11.8 Å². The standard InChI is InChI=1S/C60H71F2N9O8/c1-4-42-46(61)11-7-39-29-41(72)31-45(51(39)42)43-9-10-44-53(52(43)62)64-56(65-54(44)69-23-5-20-59(2,77)34-69)79-35-60-21-6-24-70(60)40(15-22-60)33-78-58(76)68-27-16-36(17-28-68)32-67-25-18-37(19-26-67)38-8-12-47-49(30-38)66(3)57(75)71(47)48-13-14-50(73)63-55(48)74/h7-12,29-31,36-37,40,48,72,77H,4-6,13-28,32-35H2,1-3H3,(H,63,73,74)/t40?,48?,59-,60?/m1/s1. The van der Waals surface area contributed by atoms with Crippen molar-refractivity contribution in [2.45, 2.75) is 126 Å². The van der Waals surface area contributed by atoms with E-state index in [4.69, 9.17) is 19.4 Å². The Morgan fingerprint density at radius 2 is 1.66 bits per heavy atom. The van der Waals surface area contributed by atoms with E-state index < -0.39 is 29.2 Å². The largest absolute Gasteiger partial charge is 0.508 e. The Labute approximate surface area is 457 Å². The molecule has 0 saturated carbocycles. The maximum Gasteiger partial charge on any atom is 0.409 e. The zero-order chi connectivity index (χ0) is 54.9. The highest BCUT2D eigenvalue weighted by atomic mass is 19.1. The number of aromatic hydroxyl groups is 1. The third-order valence-electron chi connectivity index (χ3n) is 18.5. The molecule has 6 fully saturated rings. The molecule has 0 radical (unpaired) electrons. The number of nitrogens with one attached hydrogen (secondary N) is 1. The molecule has 0 spiro atoms. The molecule has 0 aliphatic carbocycles. The van der Waals surface area contributed by atoms with Crippen LogP contribution in [-0.4, -0.2) is 145 Å². The van der Waals surface area contributed by atoms with Crippen LogP contribution >= 0.6 is 0 Å².